The van der Waals surface area contributed by atoms with Gasteiger partial charge in [0, 0.05) is 18.0 Å². The van der Waals surface area contributed by atoms with E-state index in [1.165, 1.54) is 0 Å². The molecule has 1 heterocycles. The minimum Gasteiger partial charge on any atom is -0.495 e. The van der Waals surface area contributed by atoms with Crippen LogP contribution < -0.4 is 14.8 Å². The van der Waals surface area contributed by atoms with Crippen molar-refractivity contribution in [3.63, 3.8) is 0 Å². The molecular weight excluding hydrogens is 348 g/mol. The number of aromatic nitrogens is 1. The second-order valence-corrected chi connectivity index (χ2v) is 5.47. The molecule has 0 fully saturated rings. The number of benzene rings is 1. The highest BCUT2D eigenvalue weighted by Crippen LogP contribution is 2.35. The van der Waals surface area contributed by atoms with Crippen LogP contribution in [0.1, 0.15) is 28.9 Å². The summed E-state index contributed by atoms with van der Waals surface area (Å²) in [6.07, 6.45) is 3.43. The van der Waals surface area contributed by atoms with Crippen LogP contribution in [0.25, 0.3) is 0 Å². The van der Waals surface area contributed by atoms with Crippen molar-refractivity contribution in [1.82, 2.24) is 10.3 Å². The predicted molar refractivity (Wildman–Crippen MR) is 87.4 cm³/mol. The van der Waals surface area contributed by atoms with Crippen LogP contribution in [0.3, 0.4) is 0 Å². The van der Waals surface area contributed by atoms with Gasteiger partial charge in [-0.2, -0.15) is 0 Å². The Labute approximate surface area is 137 Å². The van der Waals surface area contributed by atoms with Crippen LogP contribution in [0.2, 0.25) is 0 Å². The van der Waals surface area contributed by atoms with Gasteiger partial charge in [0.1, 0.15) is 16.0 Å². The fourth-order valence-electron chi connectivity index (χ4n) is 2.00. The average molecular weight is 365 g/mol. The van der Waals surface area contributed by atoms with Gasteiger partial charge in [-0.1, -0.05) is 6.07 Å². The predicted octanol–water partition coefficient (Wildman–Crippen LogP) is 3.35. The Bertz CT molecular complexity index is 637. The molecule has 5 nitrogen and oxygen atoms in total. The summed E-state index contributed by atoms with van der Waals surface area (Å²) in [6.45, 7) is 1.90. The number of hydrogen-bond donors (Lipinski definition) is 1. The van der Waals surface area contributed by atoms with Crippen LogP contribution in [0.5, 0.6) is 11.5 Å². The highest BCUT2D eigenvalue weighted by atomic mass is 79.9. The molecule has 0 aliphatic heterocycles. The summed E-state index contributed by atoms with van der Waals surface area (Å²) in [4.78, 5) is 16.5. The molecule has 2 rings (SSSR count). The maximum atomic E-state index is 12.4. The van der Waals surface area contributed by atoms with E-state index in [0.29, 0.717) is 21.5 Å². The lowest BCUT2D eigenvalue weighted by molar-refractivity contribution is 0.0939. The smallest absolute Gasteiger partial charge is 0.252 e. The lowest BCUT2D eigenvalue weighted by atomic mass is 10.1. The summed E-state index contributed by atoms with van der Waals surface area (Å²) in [5, 5.41) is 2.93. The van der Waals surface area contributed by atoms with E-state index in [2.05, 4.69) is 26.2 Å². The van der Waals surface area contributed by atoms with Gasteiger partial charge in [-0.05, 0) is 46.6 Å². The van der Waals surface area contributed by atoms with Crippen molar-refractivity contribution >= 4 is 21.8 Å². The van der Waals surface area contributed by atoms with Gasteiger partial charge in [-0.15, -0.1) is 0 Å². The fraction of sp³-hybridized carbons (Fsp3) is 0.250. The lowest BCUT2D eigenvalue weighted by Gasteiger charge is -2.15. The summed E-state index contributed by atoms with van der Waals surface area (Å²) < 4.78 is 11.2. The average Bonchev–Trinajstić information content (AvgIpc) is 2.55. The van der Waals surface area contributed by atoms with Gasteiger partial charge in [0.25, 0.3) is 5.91 Å². The number of nitrogens with zero attached hydrogens (tertiary/aromatic N) is 1. The van der Waals surface area contributed by atoms with Gasteiger partial charge in [0.05, 0.1) is 20.3 Å². The zero-order valence-corrected chi connectivity index (χ0v) is 14.2. The van der Waals surface area contributed by atoms with Gasteiger partial charge in [0.15, 0.2) is 0 Å². The van der Waals surface area contributed by atoms with E-state index in [1.807, 2.05) is 19.1 Å². The molecule has 0 aliphatic carbocycles. The number of carbonyl (C=O) groups is 1. The van der Waals surface area contributed by atoms with Crippen molar-refractivity contribution in [2.24, 2.45) is 0 Å². The Hall–Kier alpha value is -2.08. The molecule has 116 valence electrons. The molecule has 0 spiro atoms. The Kier molecular flexibility index (Phi) is 5.38. The second kappa shape index (κ2) is 7.26. The number of methoxy groups -OCH3 is 2. The lowest BCUT2D eigenvalue weighted by Crippen LogP contribution is -2.26. The van der Waals surface area contributed by atoms with Crippen molar-refractivity contribution in [3.8, 4) is 11.5 Å². The van der Waals surface area contributed by atoms with Gasteiger partial charge < -0.3 is 14.8 Å². The zero-order valence-electron chi connectivity index (χ0n) is 12.6. The molecule has 0 saturated heterocycles. The second-order valence-electron chi connectivity index (χ2n) is 4.68. The number of carbonyl (C=O) groups excluding carboxylic acids is 1. The standard InChI is InChI=1S/C16H17BrN2O3/c1-10(11-5-4-6-18-9-11)19-16(20)12-7-13(21-2)15(17)14(8-12)22-3/h4-10H,1-3H3,(H,19,20)/t10-/m0/s1. The third kappa shape index (κ3) is 3.57. The Morgan fingerprint density at radius 3 is 2.41 bits per heavy atom. The third-order valence-electron chi connectivity index (χ3n) is 3.24. The molecule has 0 radical (unpaired) electrons. The maximum absolute atomic E-state index is 12.4. The van der Waals surface area contributed by atoms with Crippen LogP contribution >= 0.6 is 15.9 Å². The van der Waals surface area contributed by atoms with Gasteiger partial charge in [-0.25, -0.2) is 0 Å². The van der Waals surface area contributed by atoms with Crippen LogP contribution in [0.15, 0.2) is 41.1 Å². The first kappa shape index (κ1) is 16.3. The summed E-state index contributed by atoms with van der Waals surface area (Å²) in [5.74, 6) is 0.873. The topological polar surface area (TPSA) is 60.5 Å². The Balaban J connectivity index is 2.22. The molecule has 1 aromatic heterocycles. The van der Waals surface area contributed by atoms with Gasteiger partial charge in [-0.3, -0.25) is 9.78 Å². The van der Waals surface area contributed by atoms with Crippen LogP contribution in [0.4, 0.5) is 0 Å². The Morgan fingerprint density at radius 1 is 1.27 bits per heavy atom. The minimum atomic E-state index is -0.208. The van der Waals surface area contributed by atoms with Crippen molar-refractivity contribution in [1.29, 1.82) is 0 Å². The van der Waals surface area contributed by atoms with Crippen LogP contribution in [-0.4, -0.2) is 25.1 Å². The summed E-state index contributed by atoms with van der Waals surface area (Å²) in [5.41, 5.74) is 1.40. The summed E-state index contributed by atoms with van der Waals surface area (Å²) in [6, 6.07) is 6.93. The van der Waals surface area contributed by atoms with E-state index in [4.69, 9.17) is 9.47 Å². The van der Waals surface area contributed by atoms with E-state index in [0.717, 1.165) is 5.56 Å². The molecule has 2 aromatic rings. The Morgan fingerprint density at radius 2 is 1.91 bits per heavy atom. The molecule has 1 N–H and O–H groups in total. The largest absolute Gasteiger partial charge is 0.495 e. The quantitative estimate of drug-likeness (QED) is 0.883. The van der Waals surface area contributed by atoms with E-state index < -0.39 is 0 Å². The van der Waals surface area contributed by atoms with Gasteiger partial charge in [0.2, 0.25) is 0 Å². The minimum absolute atomic E-state index is 0.151. The maximum Gasteiger partial charge on any atom is 0.252 e. The number of amides is 1. The molecule has 22 heavy (non-hydrogen) atoms. The van der Waals surface area contributed by atoms with Crippen molar-refractivity contribution < 1.29 is 14.3 Å². The molecule has 1 atom stereocenters. The summed E-state index contributed by atoms with van der Waals surface area (Å²) >= 11 is 3.38. The monoisotopic (exact) mass is 364 g/mol. The van der Waals surface area contributed by atoms with Crippen LogP contribution in [-0.2, 0) is 0 Å². The SMILES string of the molecule is COc1cc(C(=O)N[C@@H](C)c2cccnc2)cc(OC)c1Br. The molecule has 1 aromatic carbocycles. The van der Waals surface area contributed by atoms with Crippen LogP contribution in [0, 0.1) is 0 Å². The normalized spacial score (nSPS) is 11.6. The molecule has 6 heteroatoms. The molecule has 1 amide bonds. The van der Waals surface area contributed by atoms with Crippen molar-refractivity contribution in [3.05, 3.63) is 52.3 Å². The van der Waals surface area contributed by atoms with E-state index in [1.54, 1.807) is 38.7 Å². The number of rotatable bonds is 5. The molecule has 0 unspecified atom stereocenters. The highest BCUT2D eigenvalue weighted by molar-refractivity contribution is 9.10. The first-order chi connectivity index (χ1) is 10.6. The molecule has 0 saturated carbocycles. The van der Waals surface area contributed by atoms with E-state index in [-0.39, 0.29) is 11.9 Å². The molecule has 0 aliphatic rings. The number of nitrogens with one attached hydrogen (secondary N) is 1. The van der Waals surface area contributed by atoms with E-state index in [9.17, 15) is 4.79 Å². The summed E-state index contributed by atoms with van der Waals surface area (Å²) in [7, 11) is 3.08. The number of pyridine rings is 1. The number of halogens is 1. The fourth-order valence-corrected chi connectivity index (χ4v) is 2.55. The van der Waals surface area contributed by atoms with E-state index >= 15 is 0 Å². The van der Waals surface area contributed by atoms with Gasteiger partial charge >= 0.3 is 0 Å². The molecular formula is C16H17BrN2O3. The van der Waals surface area contributed by atoms with Crippen molar-refractivity contribution in [2.45, 2.75) is 13.0 Å². The third-order valence-corrected chi connectivity index (χ3v) is 4.02. The van der Waals surface area contributed by atoms with Crippen molar-refractivity contribution in [2.75, 3.05) is 14.2 Å². The first-order valence-corrected chi connectivity index (χ1v) is 7.48. The number of ether oxygens (including phenoxy) is 2. The highest BCUT2D eigenvalue weighted by Gasteiger charge is 2.16. The first-order valence-electron chi connectivity index (χ1n) is 6.69. The molecule has 0 bridgehead atoms. The number of hydrogen-bond acceptors (Lipinski definition) is 4. The zero-order chi connectivity index (χ0) is 16.1.